The maximum absolute atomic E-state index is 13.0. The molecule has 1 saturated heterocycles. The Labute approximate surface area is 137 Å². The fraction of sp³-hybridized carbons (Fsp3) is 0.562. The molecule has 0 unspecified atom stereocenters. The van der Waals surface area contributed by atoms with Crippen molar-refractivity contribution in [3.8, 4) is 0 Å². The predicted octanol–water partition coefficient (Wildman–Crippen LogP) is 3.13. The molecule has 0 bridgehead atoms. The zero-order valence-corrected chi connectivity index (χ0v) is 13.6. The third kappa shape index (κ3) is 3.05. The van der Waals surface area contributed by atoms with Crippen molar-refractivity contribution in [1.29, 1.82) is 0 Å². The van der Waals surface area contributed by atoms with E-state index < -0.39 is 0 Å². The molecule has 1 amide bonds. The molecule has 1 atom stereocenters. The fourth-order valence-electron chi connectivity index (χ4n) is 3.65. The molecule has 1 saturated carbocycles. The Bertz CT molecular complexity index is 498. The summed E-state index contributed by atoms with van der Waals surface area (Å²) in [4.78, 5) is 15.0. The number of nitrogens with zero attached hydrogens (tertiary/aromatic N) is 1. The van der Waals surface area contributed by atoms with E-state index in [0.717, 1.165) is 49.2 Å². The van der Waals surface area contributed by atoms with Crippen molar-refractivity contribution in [3.63, 3.8) is 0 Å². The van der Waals surface area contributed by atoms with Gasteiger partial charge in [-0.1, -0.05) is 36.6 Å². The maximum atomic E-state index is 13.0. The third-order valence-electron chi connectivity index (χ3n) is 4.78. The van der Waals surface area contributed by atoms with E-state index >= 15 is 0 Å². The SMILES string of the molecule is Cl.N[C@@H]1CCN(C(=O)C2(c3ccc(Cl)cc3)CCCC2)C1. The van der Waals surface area contributed by atoms with E-state index in [1.165, 1.54) is 0 Å². The molecule has 1 heterocycles. The summed E-state index contributed by atoms with van der Waals surface area (Å²) in [7, 11) is 0. The van der Waals surface area contributed by atoms with E-state index in [0.29, 0.717) is 6.54 Å². The number of benzene rings is 1. The van der Waals surface area contributed by atoms with Gasteiger partial charge in [0.15, 0.2) is 0 Å². The predicted molar refractivity (Wildman–Crippen MR) is 88.0 cm³/mol. The van der Waals surface area contributed by atoms with Crippen LogP contribution in [0.4, 0.5) is 0 Å². The van der Waals surface area contributed by atoms with Crippen molar-refractivity contribution in [3.05, 3.63) is 34.9 Å². The van der Waals surface area contributed by atoms with Crippen LogP contribution in [0.1, 0.15) is 37.7 Å². The average Bonchev–Trinajstić information content (AvgIpc) is 3.08. The molecule has 116 valence electrons. The number of rotatable bonds is 2. The molecule has 5 heteroatoms. The molecule has 3 rings (SSSR count). The Morgan fingerprint density at radius 1 is 1.24 bits per heavy atom. The summed E-state index contributed by atoms with van der Waals surface area (Å²) < 4.78 is 0. The minimum absolute atomic E-state index is 0. The molecule has 2 fully saturated rings. The highest BCUT2D eigenvalue weighted by atomic mass is 35.5. The number of hydrogen-bond donors (Lipinski definition) is 1. The number of likely N-dealkylation sites (tertiary alicyclic amines) is 1. The maximum Gasteiger partial charge on any atom is 0.233 e. The van der Waals surface area contributed by atoms with Gasteiger partial charge in [-0.25, -0.2) is 0 Å². The molecule has 2 N–H and O–H groups in total. The second kappa shape index (κ2) is 6.55. The van der Waals surface area contributed by atoms with Gasteiger partial charge < -0.3 is 10.6 Å². The van der Waals surface area contributed by atoms with Crippen molar-refractivity contribution in [2.45, 2.75) is 43.6 Å². The standard InChI is InChI=1S/C16H21ClN2O.ClH/c17-13-5-3-12(4-6-13)16(8-1-2-9-16)15(20)19-10-7-14(18)11-19;/h3-6,14H,1-2,7-11,18H2;1H/t14-;/m1./s1. The van der Waals surface area contributed by atoms with Crippen molar-refractivity contribution in [2.75, 3.05) is 13.1 Å². The van der Waals surface area contributed by atoms with E-state index in [-0.39, 0.29) is 29.8 Å². The van der Waals surface area contributed by atoms with Crippen molar-refractivity contribution < 1.29 is 4.79 Å². The summed E-state index contributed by atoms with van der Waals surface area (Å²) in [6.07, 6.45) is 5.05. The van der Waals surface area contributed by atoms with Crippen LogP contribution in [-0.4, -0.2) is 29.9 Å². The van der Waals surface area contributed by atoms with Crippen LogP contribution in [0.5, 0.6) is 0 Å². The van der Waals surface area contributed by atoms with Crippen LogP contribution in [0.2, 0.25) is 5.02 Å². The number of hydrogen-bond acceptors (Lipinski definition) is 2. The van der Waals surface area contributed by atoms with Crippen LogP contribution in [0.25, 0.3) is 0 Å². The van der Waals surface area contributed by atoms with Gasteiger partial charge in [0.25, 0.3) is 0 Å². The van der Waals surface area contributed by atoms with Gasteiger partial charge in [0.1, 0.15) is 0 Å². The van der Waals surface area contributed by atoms with Crippen LogP contribution in [0.3, 0.4) is 0 Å². The molecule has 1 aliphatic heterocycles. The zero-order chi connectivity index (χ0) is 14.2. The fourth-order valence-corrected chi connectivity index (χ4v) is 3.77. The lowest BCUT2D eigenvalue weighted by molar-refractivity contribution is -0.136. The van der Waals surface area contributed by atoms with Crippen molar-refractivity contribution in [2.24, 2.45) is 5.73 Å². The number of nitrogens with two attached hydrogens (primary N) is 1. The molecule has 0 radical (unpaired) electrons. The van der Waals surface area contributed by atoms with Gasteiger partial charge in [-0.05, 0) is 37.0 Å². The zero-order valence-electron chi connectivity index (χ0n) is 12.1. The lowest BCUT2D eigenvalue weighted by Gasteiger charge is -2.33. The average molecular weight is 329 g/mol. The Kier molecular flexibility index (Phi) is 5.18. The van der Waals surface area contributed by atoms with Crippen LogP contribution in [0.15, 0.2) is 24.3 Å². The van der Waals surface area contributed by atoms with Gasteiger partial charge in [0.05, 0.1) is 5.41 Å². The summed E-state index contributed by atoms with van der Waals surface area (Å²) in [5, 5.41) is 0.720. The van der Waals surface area contributed by atoms with Gasteiger partial charge in [-0.2, -0.15) is 0 Å². The van der Waals surface area contributed by atoms with E-state index in [1.54, 1.807) is 0 Å². The number of carbonyl (C=O) groups excluding carboxylic acids is 1. The van der Waals surface area contributed by atoms with Crippen molar-refractivity contribution >= 4 is 29.9 Å². The normalized spacial score (nSPS) is 23.9. The summed E-state index contributed by atoms with van der Waals surface area (Å²) in [5.74, 6) is 0.269. The topological polar surface area (TPSA) is 46.3 Å². The molecular formula is C16H22Cl2N2O. The molecule has 0 spiro atoms. The van der Waals surface area contributed by atoms with Gasteiger partial charge in [-0.3, -0.25) is 4.79 Å². The number of halogens is 2. The Morgan fingerprint density at radius 2 is 1.86 bits per heavy atom. The summed E-state index contributed by atoms with van der Waals surface area (Å²) >= 11 is 5.98. The van der Waals surface area contributed by atoms with Crippen LogP contribution in [0, 0.1) is 0 Å². The number of amides is 1. The van der Waals surface area contributed by atoms with Gasteiger partial charge in [0, 0.05) is 24.2 Å². The second-order valence-corrected chi connectivity index (χ2v) is 6.53. The van der Waals surface area contributed by atoms with Crippen LogP contribution < -0.4 is 5.73 Å². The van der Waals surface area contributed by atoms with Crippen LogP contribution in [-0.2, 0) is 10.2 Å². The molecule has 2 aliphatic rings. The van der Waals surface area contributed by atoms with E-state index in [1.807, 2.05) is 29.2 Å². The highest BCUT2D eigenvalue weighted by molar-refractivity contribution is 6.30. The van der Waals surface area contributed by atoms with Gasteiger partial charge in [0.2, 0.25) is 5.91 Å². The molecule has 21 heavy (non-hydrogen) atoms. The Balaban J connectivity index is 0.00000161. The summed E-state index contributed by atoms with van der Waals surface area (Å²) in [5.41, 5.74) is 6.73. The Hall–Kier alpha value is -0.770. The largest absolute Gasteiger partial charge is 0.340 e. The highest BCUT2D eigenvalue weighted by Gasteiger charge is 2.45. The molecule has 1 aliphatic carbocycles. The van der Waals surface area contributed by atoms with Crippen molar-refractivity contribution in [1.82, 2.24) is 4.90 Å². The minimum atomic E-state index is -0.339. The lowest BCUT2D eigenvalue weighted by Crippen LogP contribution is -2.45. The Morgan fingerprint density at radius 3 is 2.38 bits per heavy atom. The summed E-state index contributed by atoms with van der Waals surface area (Å²) in [6.45, 7) is 1.50. The van der Waals surface area contributed by atoms with Gasteiger partial charge >= 0.3 is 0 Å². The quantitative estimate of drug-likeness (QED) is 0.906. The molecule has 0 aromatic heterocycles. The first-order valence-electron chi connectivity index (χ1n) is 7.43. The smallest absolute Gasteiger partial charge is 0.233 e. The highest BCUT2D eigenvalue weighted by Crippen LogP contribution is 2.43. The molecular weight excluding hydrogens is 307 g/mol. The first-order chi connectivity index (χ1) is 9.62. The van der Waals surface area contributed by atoms with E-state index in [9.17, 15) is 4.79 Å². The summed E-state index contributed by atoms with van der Waals surface area (Å²) in [6, 6.07) is 7.95. The number of carbonyl (C=O) groups is 1. The van der Waals surface area contributed by atoms with E-state index in [4.69, 9.17) is 17.3 Å². The lowest BCUT2D eigenvalue weighted by atomic mass is 9.77. The minimum Gasteiger partial charge on any atom is -0.340 e. The third-order valence-corrected chi connectivity index (χ3v) is 5.03. The van der Waals surface area contributed by atoms with Gasteiger partial charge in [-0.15, -0.1) is 12.4 Å². The van der Waals surface area contributed by atoms with Crippen LogP contribution >= 0.6 is 24.0 Å². The molecule has 3 nitrogen and oxygen atoms in total. The molecule has 1 aromatic carbocycles. The monoisotopic (exact) mass is 328 g/mol. The first kappa shape index (κ1) is 16.6. The second-order valence-electron chi connectivity index (χ2n) is 6.10. The first-order valence-corrected chi connectivity index (χ1v) is 7.81. The van der Waals surface area contributed by atoms with E-state index in [2.05, 4.69) is 0 Å². The molecule has 1 aromatic rings.